The van der Waals surface area contributed by atoms with Gasteiger partial charge in [0.2, 0.25) is 0 Å². The summed E-state index contributed by atoms with van der Waals surface area (Å²) in [7, 11) is 0. The summed E-state index contributed by atoms with van der Waals surface area (Å²) < 4.78 is 5.62. The summed E-state index contributed by atoms with van der Waals surface area (Å²) in [6.07, 6.45) is 11.6. The van der Waals surface area contributed by atoms with Crippen LogP contribution in [0.1, 0.15) is 51.9 Å². The van der Waals surface area contributed by atoms with Crippen molar-refractivity contribution in [2.24, 2.45) is 17.8 Å². The van der Waals surface area contributed by atoms with Crippen LogP contribution in [0.3, 0.4) is 0 Å². The molecule has 1 nitrogen and oxygen atoms in total. The van der Waals surface area contributed by atoms with E-state index in [1.165, 1.54) is 44.9 Å². The van der Waals surface area contributed by atoms with E-state index in [0.717, 1.165) is 17.8 Å². The molecule has 0 radical (unpaired) electrons. The minimum atomic E-state index is 0.688. The highest BCUT2D eigenvalue weighted by Gasteiger charge is 2.45. The smallest absolute Gasteiger partial charge is 0.0844 e. The van der Waals surface area contributed by atoms with Gasteiger partial charge in [0.15, 0.2) is 0 Å². The largest absolute Gasteiger partial charge is 0.370 e. The second-order valence-electron chi connectivity index (χ2n) is 5.81. The Labute approximate surface area is 87.2 Å². The fourth-order valence-corrected chi connectivity index (χ4v) is 3.62. The van der Waals surface area contributed by atoms with Crippen LogP contribution in [0.4, 0.5) is 0 Å². The molecule has 0 aromatic rings. The molecule has 3 fully saturated rings. The predicted octanol–water partition coefficient (Wildman–Crippen LogP) is 3.38. The molecule has 3 aliphatic rings. The van der Waals surface area contributed by atoms with Crippen molar-refractivity contribution in [3.8, 4) is 0 Å². The van der Waals surface area contributed by atoms with Gasteiger partial charge in [-0.3, -0.25) is 0 Å². The van der Waals surface area contributed by atoms with E-state index in [4.69, 9.17) is 4.74 Å². The van der Waals surface area contributed by atoms with Crippen LogP contribution in [0.2, 0.25) is 0 Å². The second-order valence-corrected chi connectivity index (χ2v) is 5.81. The molecular formula is C13H22O. The lowest BCUT2D eigenvalue weighted by Gasteiger charge is -2.33. The minimum Gasteiger partial charge on any atom is -0.370 e. The SMILES string of the molecule is CC1CCC(C2CCC3OC3C2)CC1. The number of epoxide rings is 1. The molecule has 1 saturated heterocycles. The van der Waals surface area contributed by atoms with Crippen molar-refractivity contribution in [1.29, 1.82) is 0 Å². The van der Waals surface area contributed by atoms with Crippen molar-refractivity contribution < 1.29 is 4.74 Å². The lowest BCUT2D eigenvalue weighted by Crippen LogP contribution is -2.25. The van der Waals surface area contributed by atoms with Gasteiger partial charge in [-0.1, -0.05) is 19.8 Å². The van der Waals surface area contributed by atoms with Crippen molar-refractivity contribution in [2.75, 3.05) is 0 Å². The molecule has 14 heavy (non-hydrogen) atoms. The summed E-state index contributed by atoms with van der Waals surface area (Å²) in [5.74, 6) is 3.07. The van der Waals surface area contributed by atoms with E-state index >= 15 is 0 Å². The van der Waals surface area contributed by atoms with E-state index < -0.39 is 0 Å². The fraction of sp³-hybridized carbons (Fsp3) is 1.00. The van der Waals surface area contributed by atoms with Gasteiger partial charge in [0.05, 0.1) is 12.2 Å². The number of hydrogen-bond donors (Lipinski definition) is 0. The third-order valence-electron chi connectivity index (χ3n) is 4.77. The molecule has 0 N–H and O–H groups in total. The average molecular weight is 194 g/mol. The van der Waals surface area contributed by atoms with Crippen LogP contribution in [-0.4, -0.2) is 12.2 Å². The summed E-state index contributed by atoms with van der Waals surface area (Å²) in [6.45, 7) is 2.41. The minimum absolute atomic E-state index is 0.688. The highest BCUT2D eigenvalue weighted by atomic mass is 16.6. The molecule has 3 unspecified atom stereocenters. The van der Waals surface area contributed by atoms with E-state index in [9.17, 15) is 0 Å². The molecule has 80 valence electrons. The second kappa shape index (κ2) is 3.52. The Balaban J connectivity index is 1.54. The van der Waals surface area contributed by atoms with Crippen LogP contribution in [0, 0.1) is 17.8 Å². The number of ether oxygens (including phenoxy) is 1. The first-order valence-electron chi connectivity index (χ1n) is 6.48. The molecule has 0 spiro atoms. The standard InChI is InChI=1S/C13H22O/c1-9-2-4-10(5-3-9)11-6-7-12-13(8-11)14-12/h9-13H,2-8H2,1H3. The van der Waals surface area contributed by atoms with Crippen LogP contribution in [0.25, 0.3) is 0 Å². The summed E-state index contributed by atoms with van der Waals surface area (Å²) in [6, 6.07) is 0. The quantitative estimate of drug-likeness (QED) is 0.583. The molecule has 0 amide bonds. The van der Waals surface area contributed by atoms with Gasteiger partial charge in [-0.05, 0) is 49.9 Å². The third kappa shape index (κ3) is 1.71. The van der Waals surface area contributed by atoms with Crippen LogP contribution >= 0.6 is 0 Å². The Bertz CT molecular complexity index is 205. The molecule has 0 aromatic heterocycles. The van der Waals surface area contributed by atoms with Crippen LogP contribution in [-0.2, 0) is 4.74 Å². The molecule has 2 aliphatic carbocycles. The van der Waals surface area contributed by atoms with Crippen LogP contribution < -0.4 is 0 Å². The first-order valence-corrected chi connectivity index (χ1v) is 6.48. The van der Waals surface area contributed by atoms with Gasteiger partial charge in [0.1, 0.15) is 0 Å². The maximum Gasteiger partial charge on any atom is 0.0844 e. The number of rotatable bonds is 1. The van der Waals surface area contributed by atoms with Crippen molar-refractivity contribution in [2.45, 2.75) is 64.1 Å². The number of fused-ring (bicyclic) bond motifs is 1. The molecular weight excluding hydrogens is 172 g/mol. The van der Waals surface area contributed by atoms with Crippen LogP contribution in [0.15, 0.2) is 0 Å². The van der Waals surface area contributed by atoms with Crippen molar-refractivity contribution in [3.05, 3.63) is 0 Å². The molecule has 3 rings (SSSR count). The Morgan fingerprint density at radius 1 is 0.786 bits per heavy atom. The van der Waals surface area contributed by atoms with Gasteiger partial charge in [-0.25, -0.2) is 0 Å². The Kier molecular flexibility index (Phi) is 2.31. The predicted molar refractivity (Wildman–Crippen MR) is 57.1 cm³/mol. The van der Waals surface area contributed by atoms with E-state index in [2.05, 4.69) is 6.92 Å². The van der Waals surface area contributed by atoms with Crippen molar-refractivity contribution in [3.63, 3.8) is 0 Å². The van der Waals surface area contributed by atoms with Gasteiger partial charge in [0, 0.05) is 0 Å². The summed E-state index contributed by atoms with van der Waals surface area (Å²) in [5.41, 5.74) is 0. The highest BCUT2D eigenvalue weighted by Crippen LogP contribution is 2.46. The van der Waals surface area contributed by atoms with Gasteiger partial charge >= 0.3 is 0 Å². The van der Waals surface area contributed by atoms with E-state index in [0.29, 0.717) is 12.2 Å². The number of hydrogen-bond acceptors (Lipinski definition) is 1. The molecule has 0 aromatic carbocycles. The fourth-order valence-electron chi connectivity index (χ4n) is 3.62. The Morgan fingerprint density at radius 3 is 2.21 bits per heavy atom. The maximum atomic E-state index is 5.62. The molecule has 0 bridgehead atoms. The van der Waals surface area contributed by atoms with Crippen LogP contribution in [0.5, 0.6) is 0 Å². The van der Waals surface area contributed by atoms with E-state index in [1.54, 1.807) is 0 Å². The zero-order valence-corrected chi connectivity index (χ0v) is 9.24. The molecule has 1 heteroatoms. The lowest BCUT2D eigenvalue weighted by molar-refractivity contribution is 0.180. The third-order valence-corrected chi connectivity index (χ3v) is 4.77. The average Bonchev–Trinajstić information content (AvgIpc) is 2.96. The van der Waals surface area contributed by atoms with Gasteiger partial charge in [-0.15, -0.1) is 0 Å². The zero-order valence-electron chi connectivity index (χ0n) is 9.24. The summed E-state index contributed by atoms with van der Waals surface area (Å²) >= 11 is 0. The first kappa shape index (κ1) is 9.21. The summed E-state index contributed by atoms with van der Waals surface area (Å²) in [5, 5.41) is 0. The van der Waals surface area contributed by atoms with E-state index in [1.807, 2.05) is 0 Å². The maximum absolute atomic E-state index is 5.62. The summed E-state index contributed by atoms with van der Waals surface area (Å²) in [4.78, 5) is 0. The Morgan fingerprint density at radius 2 is 1.50 bits per heavy atom. The normalized spacial score (nSPS) is 52.5. The van der Waals surface area contributed by atoms with Crippen molar-refractivity contribution in [1.82, 2.24) is 0 Å². The van der Waals surface area contributed by atoms with E-state index in [-0.39, 0.29) is 0 Å². The lowest BCUT2D eigenvalue weighted by atomic mass is 9.71. The molecule has 2 saturated carbocycles. The topological polar surface area (TPSA) is 12.5 Å². The highest BCUT2D eigenvalue weighted by molar-refractivity contribution is 4.94. The van der Waals surface area contributed by atoms with Gasteiger partial charge in [-0.2, -0.15) is 0 Å². The molecule has 1 aliphatic heterocycles. The molecule has 3 atom stereocenters. The Hall–Kier alpha value is -0.0400. The monoisotopic (exact) mass is 194 g/mol. The van der Waals surface area contributed by atoms with Gasteiger partial charge < -0.3 is 4.74 Å². The van der Waals surface area contributed by atoms with Crippen molar-refractivity contribution >= 4 is 0 Å². The van der Waals surface area contributed by atoms with Gasteiger partial charge in [0.25, 0.3) is 0 Å². The molecule has 1 heterocycles. The first-order chi connectivity index (χ1) is 6.83. The zero-order chi connectivity index (χ0) is 9.54.